The third-order valence-electron chi connectivity index (χ3n) is 4.82. The fraction of sp³-hybridized carbons (Fsp3) is 0.286. The van der Waals surface area contributed by atoms with Gasteiger partial charge >= 0.3 is 0 Å². The molecule has 1 aromatic carbocycles. The van der Waals surface area contributed by atoms with Crippen molar-refractivity contribution in [3.8, 4) is 22.9 Å². The van der Waals surface area contributed by atoms with Crippen molar-refractivity contribution >= 4 is 33.2 Å². The zero-order valence-corrected chi connectivity index (χ0v) is 18.1. The smallest absolute Gasteiger partial charge is 0.250 e. The normalized spacial score (nSPS) is 14.9. The van der Waals surface area contributed by atoms with E-state index in [0.717, 1.165) is 47.2 Å². The Morgan fingerprint density at radius 3 is 2.76 bits per heavy atom. The van der Waals surface area contributed by atoms with Crippen LogP contribution in [0.5, 0.6) is 0 Å². The lowest BCUT2D eigenvalue weighted by Crippen LogP contribution is -2.37. The van der Waals surface area contributed by atoms with Gasteiger partial charge in [0.25, 0.3) is 0 Å². The van der Waals surface area contributed by atoms with Crippen molar-refractivity contribution in [2.75, 3.05) is 24.6 Å². The van der Waals surface area contributed by atoms with Crippen LogP contribution in [0.2, 0.25) is 5.15 Å². The average molecular weight is 476 g/mol. The first-order chi connectivity index (χ1) is 14.1. The van der Waals surface area contributed by atoms with Crippen molar-refractivity contribution in [2.24, 2.45) is 0 Å². The van der Waals surface area contributed by atoms with Crippen LogP contribution in [-0.4, -0.2) is 41.0 Å². The Labute approximate surface area is 182 Å². The summed E-state index contributed by atoms with van der Waals surface area (Å²) >= 11 is 9.56. The summed E-state index contributed by atoms with van der Waals surface area (Å²) in [7, 11) is 0. The third kappa shape index (κ3) is 4.69. The van der Waals surface area contributed by atoms with Crippen molar-refractivity contribution in [3.05, 3.63) is 58.8 Å². The number of hydrogen-bond donors (Lipinski definition) is 0. The maximum atomic E-state index is 5.98. The minimum absolute atomic E-state index is 0.270. The number of benzene rings is 1. The van der Waals surface area contributed by atoms with Gasteiger partial charge in [0.15, 0.2) is 0 Å². The van der Waals surface area contributed by atoms with E-state index in [1.165, 1.54) is 0 Å². The molecule has 1 aliphatic rings. The van der Waals surface area contributed by atoms with E-state index >= 15 is 0 Å². The molecular formula is C21H20BrClN4O2. The Kier molecular flexibility index (Phi) is 6.28. The number of rotatable bonds is 6. The molecule has 2 aromatic heterocycles. The highest BCUT2D eigenvalue weighted by atomic mass is 79.9. The Morgan fingerprint density at radius 1 is 1.21 bits per heavy atom. The van der Waals surface area contributed by atoms with Gasteiger partial charge in [-0.05, 0) is 43.2 Å². The van der Waals surface area contributed by atoms with Gasteiger partial charge < -0.3 is 14.1 Å². The molecule has 1 fully saturated rings. The lowest BCUT2D eigenvalue weighted by molar-refractivity contribution is 0.0563. The van der Waals surface area contributed by atoms with Gasteiger partial charge in [0.1, 0.15) is 5.15 Å². The van der Waals surface area contributed by atoms with Crippen molar-refractivity contribution in [1.29, 1.82) is 0 Å². The minimum atomic E-state index is 0.270. The van der Waals surface area contributed by atoms with Crippen molar-refractivity contribution in [3.63, 3.8) is 0 Å². The lowest BCUT2D eigenvalue weighted by atomic mass is 10.0. The van der Waals surface area contributed by atoms with E-state index in [-0.39, 0.29) is 6.10 Å². The van der Waals surface area contributed by atoms with E-state index in [2.05, 4.69) is 48.7 Å². The topological polar surface area (TPSA) is 64.3 Å². The Bertz CT molecular complexity index is 1000. The molecule has 0 spiro atoms. The molecule has 1 saturated heterocycles. The average Bonchev–Trinajstić information content (AvgIpc) is 3.23. The van der Waals surface area contributed by atoms with Crippen molar-refractivity contribution in [1.82, 2.24) is 15.2 Å². The molecule has 8 heteroatoms. The van der Waals surface area contributed by atoms with Crippen LogP contribution in [0.1, 0.15) is 12.8 Å². The van der Waals surface area contributed by atoms with E-state index in [4.69, 9.17) is 20.8 Å². The maximum absolute atomic E-state index is 5.98. The summed E-state index contributed by atoms with van der Waals surface area (Å²) in [5.74, 6) is 0.884. The zero-order chi connectivity index (χ0) is 20.2. The molecule has 6 nitrogen and oxygen atoms in total. The van der Waals surface area contributed by atoms with Gasteiger partial charge in [0.05, 0.1) is 24.0 Å². The van der Waals surface area contributed by atoms with Gasteiger partial charge in [0.2, 0.25) is 11.8 Å². The fourth-order valence-corrected chi connectivity index (χ4v) is 3.92. The van der Waals surface area contributed by atoms with Crippen LogP contribution in [-0.2, 0) is 4.74 Å². The predicted octanol–water partition coefficient (Wildman–Crippen LogP) is 5.39. The predicted molar refractivity (Wildman–Crippen MR) is 117 cm³/mol. The molecule has 0 bridgehead atoms. The first-order valence-electron chi connectivity index (χ1n) is 9.37. The molecule has 0 aliphatic carbocycles. The number of anilines is 1. The number of nitrogens with zero attached hydrogens (tertiary/aromatic N) is 4. The number of pyridine rings is 1. The molecule has 3 heterocycles. The van der Waals surface area contributed by atoms with E-state index < -0.39 is 0 Å². The number of halogens is 2. The Balaban J connectivity index is 1.59. The second-order valence-electron chi connectivity index (χ2n) is 6.75. The quantitative estimate of drug-likeness (QED) is 0.352. The number of hydrogen-bond acceptors (Lipinski definition) is 6. The highest BCUT2D eigenvalue weighted by Gasteiger charge is 2.24. The fourth-order valence-electron chi connectivity index (χ4n) is 3.40. The van der Waals surface area contributed by atoms with Gasteiger partial charge in [-0.2, -0.15) is 0 Å². The van der Waals surface area contributed by atoms with Crippen LogP contribution in [0.15, 0.2) is 58.1 Å². The number of aromatic nitrogens is 3. The number of ether oxygens (including phenoxy) is 1. The van der Waals surface area contributed by atoms with Gasteiger partial charge in [0, 0.05) is 29.3 Å². The van der Waals surface area contributed by atoms with Gasteiger partial charge in [-0.15, -0.1) is 16.8 Å². The first-order valence-corrected chi connectivity index (χ1v) is 10.5. The van der Waals surface area contributed by atoms with Crippen LogP contribution >= 0.6 is 27.5 Å². The standard InChI is InChI=1S/C21H20BrClN4O2/c1-2-11-28-16-6-9-27(10-7-16)18-13-15(22)3-4-17(18)21-26-25-20(29-21)14-5-8-24-19(23)12-14/h2-5,8,12-13,16H,1,6-7,9-11H2. The van der Waals surface area contributed by atoms with E-state index in [1.807, 2.05) is 12.1 Å². The monoisotopic (exact) mass is 474 g/mol. The SMILES string of the molecule is C=CCOC1CCN(c2cc(Br)ccc2-c2nnc(-c3ccnc(Cl)c3)o2)CC1. The summed E-state index contributed by atoms with van der Waals surface area (Å²) in [6.07, 6.45) is 5.60. The maximum Gasteiger partial charge on any atom is 0.250 e. The first kappa shape index (κ1) is 20.1. The minimum Gasteiger partial charge on any atom is -0.416 e. The lowest BCUT2D eigenvalue weighted by Gasteiger charge is -2.34. The molecule has 4 rings (SSSR count). The zero-order valence-electron chi connectivity index (χ0n) is 15.7. The van der Waals surface area contributed by atoms with Gasteiger partial charge in [-0.1, -0.05) is 33.6 Å². The second kappa shape index (κ2) is 9.07. The summed E-state index contributed by atoms with van der Waals surface area (Å²) in [5.41, 5.74) is 2.70. The van der Waals surface area contributed by atoms with Crippen molar-refractivity contribution in [2.45, 2.75) is 18.9 Å². The Morgan fingerprint density at radius 2 is 2.00 bits per heavy atom. The summed E-state index contributed by atoms with van der Waals surface area (Å²) in [5, 5.41) is 8.85. The van der Waals surface area contributed by atoms with E-state index in [0.29, 0.717) is 23.5 Å². The largest absolute Gasteiger partial charge is 0.416 e. The van der Waals surface area contributed by atoms with Crippen LogP contribution in [0.25, 0.3) is 22.9 Å². The molecule has 0 saturated carbocycles. The molecule has 0 unspecified atom stereocenters. The van der Waals surface area contributed by atoms with E-state index in [9.17, 15) is 0 Å². The van der Waals surface area contributed by atoms with Gasteiger partial charge in [-0.25, -0.2) is 4.98 Å². The van der Waals surface area contributed by atoms with E-state index in [1.54, 1.807) is 24.4 Å². The molecule has 29 heavy (non-hydrogen) atoms. The molecule has 0 atom stereocenters. The summed E-state index contributed by atoms with van der Waals surface area (Å²) < 4.78 is 12.8. The summed E-state index contributed by atoms with van der Waals surface area (Å²) in [4.78, 5) is 6.32. The summed E-state index contributed by atoms with van der Waals surface area (Å²) in [6, 6.07) is 9.56. The van der Waals surface area contributed by atoms with Crippen LogP contribution in [0.4, 0.5) is 5.69 Å². The molecule has 0 amide bonds. The molecule has 0 N–H and O–H groups in total. The third-order valence-corrected chi connectivity index (χ3v) is 5.52. The van der Waals surface area contributed by atoms with Crippen LogP contribution in [0.3, 0.4) is 0 Å². The molecule has 3 aromatic rings. The van der Waals surface area contributed by atoms with Crippen molar-refractivity contribution < 1.29 is 9.15 Å². The Hall–Kier alpha value is -2.22. The van der Waals surface area contributed by atoms with Crippen LogP contribution < -0.4 is 4.90 Å². The highest BCUT2D eigenvalue weighted by Crippen LogP contribution is 2.35. The molecular weight excluding hydrogens is 456 g/mol. The highest BCUT2D eigenvalue weighted by molar-refractivity contribution is 9.10. The molecule has 1 aliphatic heterocycles. The molecule has 150 valence electrons. The number of piperidine rings is 1. The second-order valence-corrected chi connectivity index (χ2v) is 8.05. The molecule has 0 radical (unpaired) electrons. The summed E-state index contributed by atoms with van der Waals surface area (Å²) in [6.45, 7) is 6.10. The van der Waals surface area contributed by atoms with Crippen LogP contribution in [0, 0.1) is 0 Å². The van der Waals surface area contributed by atoms with Gasteiger partial charge in [-0.3, -0.25) is 0 Å².